The number of nitrogens with one attached hydrogen (secondary N) is 2. The molecule has 36 heavy (non-hydrogen) atoms. The molecule has 0 saturated heterocycles. The Labute approximate surface area is 222 Å². The third-order valence-corrected chi connectivity index (χ3v) is 5.76. The van der Waals surface area contributed by atoms with E-state index in [1.165, 1.54) is 24.3 Å². The first-order valence-electron chi connectivity index (χ1n) is 11.5. The lowest BCUT2D eigenvalue weighted by atomic mass is 10.2. The summed E-state index contributed by atoms with van der Waals surface area (Å²) in [5.41, 5.74) is 2.52. The first-order valence-corrected chi connectivity index (χ1v) is 13.1. The van der Waals surface area contributed by atoms with Gasteiger partial charge in [-0.3, -0.25) is 14.8 Å². The Morgan fingerprint density at radius 2 is 2.03 bits per heavy atom. The number of H-pyrrole nitrogens is 1. The molecule has 0 aliphatic carbocycles. The Morgan fingerprint density at radius 3 is 2.67 bits per heavy atom. The number of thioether (sulfide) groups is 1. The topological polar surface area (TPSA) is 110 Å². The number of aliphatic hydroxyl groups is 1. The van der Waals surface area contributed by atoms with Crippen LogP contribution in [-0.2, 0) is 11.2 Å². The molecule has 0 atom stereocenters. The number of aryl methyl sites for hydroxylation is 1. The number of allylic oxidation sites excluding steroid dienone is 3. The Balaban J connectivity index is 0.00000227. The smallest absolute Gasteiger partial charge is 0.290 e. The van der Waals surface area contributed by atoms with E-state index in [0.29, 0.717) is 18.1 Å². The second-order valence-electron chi connectivity index (χ2n) is 6.72. The largest absolute Gasteiger partial charge is 0.506 e. The fraction of sp³-hybridized carbons (Fsp3) is 0.346. The number of aliphatic imine (C=N–C) groups is 2. The average molecular weight is 537 g/mol. The highest BCUT2D eigenvalue weighted by atomic mass is 32.2. The predicted octanol–water partition coefficient (Wildman–Crippen LogP) is 6.18. The lowest BCUT2D eigenvalue weighted by Gasteiger charge is -2.11. The molecule has 1 aromatic heterocycles. The van der Waals surface area contributed by atoms with Crippen molar-refractivity contribution in [3.63, 3.8) is 0 Å². The minimum atomic E-state index is -0.250. The van der Waals surface area contributed by atoms with Crippen molar-refractivity contribution >= 4 is 53.0 Å². The molecule has 0 saturated carbocycles. The van der Waals surface area contributed by atoms with E-state index in [9.17, 15) is 9.50 Å². The van der Waals surface area contributed by atoms with Crippen LogP contribution < -0.4 is 5.32 Å². The predicted molar refractivity (Wildman–Crippen MR) is 156 cm³/mol. The maximum absolute atomic E-state index is 13.3. The van der Waals surface area contributed by atoms with E-state index in [-0.39, 0.29) is 18.0 Å². The van der Waals surface area contributed by atoms with Gasteiger partial charge < -0.3 is 20.5 Å². The number of benzene rings is 1. The summed E-state index contributed by atoms with van der Waals surface area (Å²) >= 11 is 5.76. The van der Waals surface area contributed by atoms with E-state index in [4.69, 9.17) is 9.90 Å². The normalized spacial score (nSPS) is 12.0. The standard InChI is InChI=1S/C23H29FN4OS2.C2H6.CH2O2/c1-3-5-22(29)20(9-11-26-16-30)27-12-10-23(25-2)31-13-4-6-19-14-17-7-8-18(24)15-21(17)28-19;1-2;2-1-3/h3,5,7-9,11,14-15,27-30H,1,4,6,10,12-13,16H2,2H3;1-2H3;1H,(H,2,3)/b20-9-,22-5-,25-23?,26-11-;;. The second kappa shape index (κ2) is 21.3. The number of hydrogen-bond donors (Lipinski definition) is 5. The molecule has 1 aromatic carbocycles. The van der Waals surface area contributed by atoms with Crippen LogP contribution in [0.15, 0.2) is 70.5 Å². The van der Waals surface area contributed by atoms with Gasteiger partial charge in [0.2, 0.25) is 0 Å². The number of thiol groups is 1. The van der Waals surface area contributed by atoms with Gasteiger partial charge in [-0.15, -0.1) is 11.8 Å². The molecule has 4 N–H and O–H groups in total. The van der Waals surface area contributed by atoms with Crippen LogP contribution in [0.4, 0.5) is 4.39 Å². The summed E-state index contributed by atoms with van der Waals surface area (Å²) < 4.78 is 13.3. The number of aromatic nitrogens is 1. The van der Waals surface area contributed by atoms with Crippen LogP contribution in [0.25, 0.3) is 10.9 Å². The molecule has 198 valence electrons. The summed E-state index contributed by atoms with van der Waals surface area (Å²) in [6.07, 6.45) is 8.98. The van der Waals surface area contributed by atoms with Crippen molar-refractivity contribution in [2.24, 2.45) is 9.98 Å². The Kier molecular flexibility index (Phi) is 19.6. The SMILES string of the molecule is C=C/C=C(O)/C(=C/C=N\CS)NCCC(=NC)SCCCc1cc2ccc(F)cc2[nH]1.CC.O=CO. The Bertz CT molecular complexity index is 1030. The molecule has 2 aromatic rings. The molecule has 1 heterocycles. The summed E-state index contributed by atoms with van der Waals surface area (Å²) in [5.74, 6) is 1.19. The van der Waals surface area contributed by atoms with E-state index >= 15 is 0 Å². The third kappa shape index (κ3) is 13.8. The Morgan fingerprint density at radius 1 is 1.31 bits per heavy atom. The fourth-order valence-electron chi connectivity index (χ4n) is 2.91. The maximum atomic E-state index is 13.3. The van der Waals surface area contributed by atoms with Crippen LogP contribution in [0.3, 0.4) is 0 Å². The summed E-state index contributed by atoms with van der Waals surface area (Å²) in [6, 6.07) is 6.88. The molecule has 0 radical (unpaired) electrons. The molecule has 0 unspecified atom stereocenters. The van der Waals surface area contributed by atoms with Gasteiger partial charge in [-0.25, -0.2) is 4.39 Å². The molecular weight excluding hydrogens is 499 g/mol. The van der Waals surface area contributed by atoms with Crippen molar-refractivity contribution in [1.29, 1.82) is 0 Å². The van der Waals surface area contributed by atoms with Crippen molar-refractivity contribution in [3.05, 3.63) is 72.0 Å². The summed E-state index contributed by atoms with van der Waals surface area (Å²) in [7, 11) is 1.79. The zero-order valence-electron chi connectivity index (χ0n) is 21.1. The minimum Gasteiger partial charge on any atom is -0.506 e. The van der Waals surface area contributed by atoms with Gasteiger partial charge in [0.1, 0.15) is 11.6 Å². The first kappa shape index (κ1) is 33.0. The molecule has 0 aliphatic rings. The number of hydrogen-bond acceptors (Lipinski definition) is 7. The highest BCUT2D eigenvalue weighted by Crippen LogP contribution is 2.18. The molecule has 0 bridgehead atoms. The van der Waals surface area contributed by atoms with E-state index in [0.717, 1.165) is 46.7 Å². The highest BCUT2D eigenvalue weighted by molar-refractivity contribution is 8.13. The summed E-state index contributed by atoms with van der Waals surface area (Å²) in [4.78, 5) is 20.0. The van der Waals surface area contributed by atoms with Crippen molar-refractivity contribution in [1.82, 2.24) is 10.3 Å². The van der Waals surface area contributed by atoms with Crippen LogP contribution >= 0.6 is 24.4 Å². The maximum Gasteiger partial charge on any atom is 0.290 e. The lowest BCUT2D eigenvalue weighted by molar-refractivity contribution is -0.122. The van der Waals surface area contributed by atoms with E-state index in [2.05, 4.69) is 45.6 Å². The molecule has 0 amide bonds. The fourth-order valence-corrected chi connectivity index (χ4v) is 3.90. The van der Waals surface area contributed by atoms with Gasteiger partial charge in [0.25, 0.3) is 6.47 Å². The van der Waals surface area contributed by atoms with Crippen molar-refractivity contribution in [3.8, 4) is 0 Å². The molecule has 10 heteroatoms. The van der Waals surface area contributed by atoms with Gasteiger partial charge in [0, 0.05) is 37.4 Å². The van der Waals surface area contributed by atoms with Crippen LogP contribution in [0.2, 0.25) is 0 Å². The van der Waals surface area contributed by atoms with Gasteiger partial charge in [0.15, 0.2) is 0 Å². The molecule has 0 fully saturated rings. The number of rotatable bonds is 12. The van der Waals surface area contributed by atoms with Crippen LogP contribution in [0.5, 0.6) is 0 Å². The highest BCUT2D eigenvalue weighted by Gasteiger charge is 2.06. The first-order chi connectivity index (χ1) is 17.5. The van der Waals surface area contributed by atoms with E-state index < -0.39 is 0 Å². The number of aliphatic hydroxyl groups excluding tert-OH is 1. The minimum absolute atomic E-state index is 0.0986. The number of carboxylic acid groups (broad SMARTS) is 1. The molecular formula is C26H37FN4O3S2. The number of aromatic amines is 1. The van der Waals surface area contributed by atoms with Crippen molar-refractivity contribution in [2.45, 2.75) is 33.1 Å². The van der Waals surface area contributed by atoms with E-state index in [1.807, 2.05) is 13.8 Å². The average Bonchev–Trinajstić information content (AvgIpc) is 3.28. The number of nitrogens with zero attached hydrogens (tertiary/aromatic N) is 2. The number of halogens is 1. The van der Waals surface area contributed by atoms with Crippen molar-refractivity contribution in [2.75, 3.05) is 25.2 Å². The van der Waals surface area contributed by atoms with Gasteiger partial charge in [0.05, 0.1) is 16.6 Å². The van der Waals surface area contributed by atoms with Gasteiger partial charge in [-0.1, -0.05) is 26.5 Å². The third-order valence-electron chi connectivity index (χ3n) is 4.38. The zero-order chi connectivity index (χ0) is 27.2. The van der Waals surface area contributed by atoms with Gasteiger partial charge >= 0.3 is 0 Å². The van der Waals surface area contributed by atoms with E-state index in [1.54, 1.807) is 37.2 Å². The molecule has 7 nitrogen and oxygen atoms in total. The number of carbonyl (C=O) groups is 1. The molecule has 0 spiro atoms. The monoisotopic (exact) mass is 536 g/mol. The van der Waals surface area contributed by atoms with Crippen molar-refractivity contribution < 1.29 is 19.4 Å². The van der Waals surface area contributed by atoms with Crippen LogP contribution in [-0.4, -0.2) is 58.1 Å². The van der Waals surface area contributed by atoms with Gasteiger partial charge in [-0.2, -0.15) is 12.6 Å². The number of fused-ring (bicyclic) bond motifs is 1. The quantitative estimate of drug-likeness (QED) is 0.0423. The Hall–Kier alpha value is -2.98. The molecule has 0 aliphatic heterocycles. The van der Waals surface area contributed by atoms with Gasteiger partial charge in [-0.05, 0) is 60.4 Å². The molecule has 2 rings (SSSR count). The lowest BCUT2D eigenvalue weighted by Crippen LogP contribution is -2.19. The van der Waals surface area contributed by atoms with Crippen LogP contribution in [0, 0.1) is 5.82 Å². The zero-order valence-corrected chi connectivity index (χ0v) is 22.8. The van der Waals surface area contributed by atoms with Crippen LogP contribution in [0.1, 0.15) is 32.4 Å². The second-order valence-corrected chi connectivity index (χ2v) is 8.17. The summed E-state index contributed by atoms with van der Waals surface area (Å²) in [5, 5.41) is 22.3. The summed E-state index contributed by atoms with van der Waals surface area (Å²) in [6.45, 7) is 7.98.